The summed E-state index contributed by atoms with van der Waals surface area (Å²) in [4.78, 5) is 12.2. The highest BCUT2D eigenvalue weighted by molar-refractivity contribution is 7.90. The molecule has 0 aromatic heterocycles. The van der Waals surface area contributed by atoms with Gasteiger partial charge in [-0.2, -0.15) is 0 Å². The topological polar surface area (TPSA) is 51.2 Å². The molecule has 20 heavy (non-hydrogen) atoms. The molecular formula is C16H20O3S. The SMILES string of the molecule is CC(=O)[C@H](CC1CC=CC1)c1ccc(S(C)(=O)=O)cc1. The number of sulfone groups is 1. The predicted molar refractivity (Wildman–Crippen MR) is 79.5 cm³/mol. The van der Waals surface area contributed by atoms with E-state index in [0.29, 0.717) is 10.8 Å². The van der Waals surface area contributed by atoms with Gasteiger partial charge >= 0.3 is 0 Å². The minimum Gasteiger partial charge on any atom is -0.299 e. The average molecular weight is 292 g/mol. The molecule has 0 spiro atoms. The highest BCUT2D eigenvalue weighted by Gasteiger charge is 2.22. The fourth-order valence-corrected chi connectivity index (χ4v) is 3.31. The molecule has 0 saturated heterocycles. The minimum absolute atomic E-state index is 0.131. The first kappa shape index (κ1) is 15.0. The number of ketones is 1. The maximum absolute atomic E-state index is 11.9. The summed E-state index contributed by atoms with van der Waals surface area (Å²) in [6, 6.07) is 6.72. The lowest BCUT2D eigenvalue weighted by molar-refractivity contribution is -0.118. The van der Waals surface area contributed by atoms with Gasteiger partial charge in [0.2, 0.25) is 0 Å². The van der Waals surface area contributed by atoms with Crippen LogP contribution in [0.5, 0.6) is 0 Å². The van der Waals surface area contributed by atoms with Gasteiger partial charge in [0.25, 0.3) is 0 Å². The van der Waals surface area contributed by atoms with Gasteiger partial charge in [0.05, 0.1) is 4.90 Å². The summed E-state index contributed by atoms with van der Waals surface area (Å²) in [5.41, 5.74) is 0.914. The van der Waals surface area contributed by atoms with Gasteiger partial charge in [-0.3, -0.25) is 4.79 Å². The van der Waals surface area contributed by atoms with E-state index < -0.39 is 9.84 Å². The van der Waals surface area contributed by atoms with Gasteiger partial charge in [-0.15, -0.1) is 0 Å². The van der Waals surface area contributed by atoms with Gasteiger partial charge in [0, 0.05) is 12.2 Å². The Hall–Kier alpha value is -1.42. The highest BCUT2D eigenvalue weighted by Crippen LogP contribution is 2.31. The highest BCUT2D eigenvalue weighted by atomic mass is 32.2. The third-order valence-corrected chi connectivity index (χ3v) is 5.00. The van der Waals surface area contributed by atoms with Gasteiger partial charge in [0.1, 0.15) is 5.78 Å². The number of allylic oxidation sites excluding steroid dienone is 2. The molecule has 0 N–H and O–H groups in total. The van der Waals surface area contributed by atoms with Crippen molar-refractivity contribution in [2.24, 2.45) is 5.92 Å². The predicted octanol–water partition coefficient (Wildman–Crippen LogP) is 3.12. The molecule has 0 heterocycles. The van der Waals surface area contributed by atoms with E-state index in [1.54, 1.807) is 31.2 Å². The lowest BCUT2D eigenvalue weighted by Gasteiger charge is -2.18. The molecule has 1 aliphatic carbocycles. The van der Waals surface area contributed by atoms with Crippen molar-refractivity contribution in [3.05, 3.63) is 42.0 Å². The Kier molecular flexibility index (Phi) is 4.43. The van der Waals surface area contributed by atoms with Gasteiger partial charge in [-0.1, -0.05) is 24.3 Å². The maximum Gasteiger partial charge on any atom is 0.175 e. The van der Waals surface area contributed by atoms with Crippen molar-refractivity contribution in [1.82, 2.24) is 0 Å². The maximum atomic E-state index is 11.9. The number of hydrogen-bond acceptors (Lipinski definition) is 3. The minimum atomic E-state index is -3.18. The Morgan fingerprint density at radius 1 is 1.20 bits per heavy atom. The van der Waals surface area contributed by atoms with Gasteiger partial charge in [0.15, 0.2) is 9.84 Å². The molecule has 0 amide bonds. The molecule has 0 bridgehead atoms. The first-order valence-corrected chi connectivity index (χ1v) is 8.72. The van der Waals surface area contributed by atoms with Crippen LogP contribution in [0.4, 0.5) is 0 Å². The van der Waals surface area contributed by atoms with Crippen LogP contribution in [0.15, 0.2) is 41.3 Å². The van der Waals surface area contributed by atoms with Crippen LogP contribution in [0.2, 0.25) is 0 Å². The zero-order valence-electron chi connectivity index (χ0n) is 11.9. The Bertz CT molecular complexity index is 604. The lowest BCUT2D eigenvalue weighted by Crippen LogP contribution is -2.13. The molecule has 0 unspecified atom stereocenters. The van der Waals surface area contributed by atoms with Crippen LogP contribution in [0.3, 0.4) is 0 Å². The molecule has 1 atom stereocenters. The van der Waals surface area contributed by atoms with E-state index in [0.717, 1.165) is 24.8 Å². The van der Waals surface area contributed by atoms with E-state index in [-0.39, 0.29) is 11.7 Å². The summed E-state index contributed by atoms with van der Waals surface area (Å²) in [6.45, 7) is 1.61. The summed E-state index contributed by atoms with van der Waals surface area (Å²) >= 11 is 0. The summed E-state index contributed by atoms with van der Waals surface area (Å²) in [5, 5.41) is 0. The monoisotopic (exact) mass is 292 g/mol. The Balaban J connectivity index is 2.19. The van der Waals surface area contributed by atoms with Crippen molar-refractivity contribution in [2.45, 2.75) is 37.0 Å². The summed E-state index contributed by atoms with van der Waals surface area (Å²) in [7, 11) is -3.18. The first-order chi connectivity index (χ1) is 9.38. The second-order valence-corrected chi connectivity index (χ2v) is 7.56. The van der Waals surface area contributed by atoms with Crippen LogP contribution >= 0.6 is 0 Å². The van der Waals surface area contributed by atoms with Crippen molar-refractivity contribution < 1.29 is 13.2 Å². The largest absolute Gasteiger partial charge is 0.299 e. The fraction of sp³-hybridized carbons (Fsp3) is 0.438. The van der Waals surface area contributed by atoms with E-state index in [2.05, 4.69) is 12.2 Å². The van der Waals surface area contributed by atoms with Gasteiger partial charge in [-0.25, -0.2) is 8.42 Å². The third-order valence-electron chi connectivity index (χ3n) is 3.88. The van der Waals surface area contributed by atoms with E-state index in [1.165, 1.54) is 6.26 Å². The Morgan fingerprint density at radius 2 is 1.75 bits per heavy atom. The number of Topliss-reactive ketones (excluding diaryl/α,β-unsaturated/α-hetero) is 1. The molecule has 3 nitrogen and oxygen atoms in total. The lowest BCUT2D eigenvalue weighted by atomic mass is 9.85. The Morgan fingerprint density at radius 3 is 2.20 bits per heavy atom. The molecule has 1 aromatic rings. The van der Waals surface area contributed by atoms with Crippen molar-refractivity contribution in [2.75, 3.05) is 6.26 Å². The Labute approximate surface area is 120 Å². The molecule has 0 aliphatic heterocycles. The number of benzene rings is 1. The number of carbonyl (C=O) groups excluding carboxylic acids is 1. The molecule has 2 rings (SSSR count). The van der Waals surface area contributed by atoms with Crippen LogP contribution in [0, 0.1) is 5.92 Å². The second kappa shape index (κ2) is 5.92. The van der Waals surface area contributed by atoms with Gasteiger partial charge < -0.3 is 0 Å². The van der Waals surface area contributed by atoms with Crippen LogP contribution in [0.1, 0.15) is 37.7 Å². The standard InChI is InChI=1S/C16H20O3S/c1-12(17)16(11-13-5-3-4-6-13)14-7-9-15(10-8-14)20(2,18)19/h3-4,7-10,13,16H,5-6,11H2,1-2H3/t16-/m0/s1. The van der Waals surface area contributed by atoms with Crippen molar-refractivity contribution >= 4 is 15.6 Å². The molecule has 0 fully saturated rings. The summed E-state index contributed by atoms with van der Waals surface area (Å²) < 4.78 is 22.9. The smallest absolute Gasteiger partial charge is 0.175 e. The van der Waals surface area contributed by atoms with Crippen molar-refractivity contribution in [1.29, 1.82) is 0 Å². The van der Waals surface area contributed by atoms with Crippen molar-refractivity contribution in [3.63, 3.8) is 0 Å². The number of hydrogen-bond donors (Lipinski definition) is 0. The molecule has 0 saturated carbocycles. The normalized spacial score (nSPS) is 17.3. The summed E-state index contributed by atoms with van der Waals surface area (Å²) in [6.07, 6.45) is 8.41. The number of rotatable bonds is 5. The van der Waals surface area contributed by atoms with E-state index in [9.17, 15) is 13.2 Å². The molecule has 0 radical (unpaired) electrons. The van der Waals surface area contributed by atoms with Crippen LogP contribution < -0.4 is 0 Å². The van der Waals surface area contributed by atoms with Crippen molar-refractivity contribution in [3.8, 4) is 0 Å². The molecule has 108 valence electrons. The quantitative estimate of drug-likeness (QED) is 0.783. The first-order valence-electron chi connectivity index (χ1n) is 6.83. The second-order valence-electron chi connectivity index (χ2n) is 5.55. The average Bonchev–Trinajstić information content (AvgIpc) is 2.87. The molecular weight excluding hydrogens is 272 g/mol. The van der Waals surface area contributed by atoms with E-state index in [4.69, 9.17) is 0 Å². The van der Waals surface area contributed by atoms with Gasteiger partial charge in [-0.05, 0) is 49.8 Å². The van der Waals surface area contributed by atoms with E-state index >= 15 is 0 Å². The van der Waals surface area contributed by atoms with Crippen LogP contribution in [0.25, 0.3) is 0 Å². The molecule has 1 aliphatic rings. The zero-order chi connectivity index (χ0) is 14.8. The zero-order valence-corrected chi connectivity index (χ0v) is 12.7. The third kappa shape index (κ3) is 3.57. The van der Waals surface area contributed by atoms with Crippen LogP contribution in [-0.2, 0) is 14.6 Å². The molecule has 4 heteroatoms. The van der Waals surface area contributed by atoms with Crippen LogP contribution in [-0.4, -0.2) is 20.5 Å². The summed E-state index contributed by atoms with van der Waals surface area (Å²) in [5.74, 6) is 0.538. The fourth-order valence-electron chi connectivity index (χ4n) is 2.68. The molecule has 1 aromatic carbocycles. The number of carbonyl (C=O) groups is 1. The van der Waals surface area contributed by atoms with E-state index in [1.807, 2.05) is 0 Å².